The summed E-state index contributed by atoms with van der Waals surface area (Å²) in [6, 6.07) is 5.75. The van der Waals surface area contributed by atoms with E-state index in [-0.39, 0.29) is 16.6 Å². The Morgan fingerprint density at radius 3 is 2.54 bits per heavy atom. The number of hydrogen-bond acceptors (Lipinski definition) is 10. The van der Waals surface area contributed by atoms with Gasteiger partial charge in [0.15, 0.2) is 5.82 Å². The van der Waals surface area contributed by atoms with Gasteiger partial charge in [0.25, 0.3) is 5.88 Å². The van der Waals surface area contributed by atoms with Crippen molar-refractivity contribution in [1.29, 1.82) is 0 Å². The number of amides is 1. The van der Waals surface area contributed by atoms with Gasteiger partial charge < -0.3 is 14.5 Å². The van der Waals surface area contributed by atoms with Crippen molar-refractivity contribution in [3.05, 3.63) is 48.6 Å². The summed E-state index contributed by atoms with van der Waals surface area (Å²) < 4.78 is 21.0. The quantitative estimate of drug-likeness (QED) is 0.306. The Morgan fingerprint density at radius 1 is 0.960 bits per heavy atom. The lowest BCUT2D eigenvalue weighted by Gasteiger charge is -2.57. The molecule has 12 heteroatoms. The Hall–Kier alpha value is -3.77. The molecule has 4 aliphatic heterocycles. The second kappa shape index (κ2) is 12.2. The normalized spacial score (nSPS) is 28.5. The van der Waals surface area contributed by atoms with Crippen LogP contribution in [0.3, 0.4) is 0 Å². The molecule has 6 fully saturated rings. The standard InChI is InChI=1S/C38H48FN9O2/c1-24(2)33(26-14-28(15-26)46-13-10-38(21-46)9-11-45(3)36(38)49)48-19-37(20-48)8-12-47(18-37)34-35(44-43-23-42-34)50-31-7-6-27(39)16-29(31)30-17-40-22-41-32(30)25-4-5-25/h6-7,16-17,22-26,28,33H,4-5,8-15,18-21H2,1-3H3/t26?,28?,33-,38+/m1/s1. The lowest BCUT2D eigenvalue weighted by atomic mass is 9.68. The largest absolute Gasteiger partial charge is 0.434 e. The van der Waals surface area contributed by atoms with Gasteiger partial charge in [-0.25, -0.2) is 19.3 Å². The molecule has 0 N–H and O–H groups in total. The molecule has 0 unspecified atom stereocenters. The predicted molar refractivity (Wildman–Crippen MR) is 186 cm³/mol. The van der Waals surface area contributed by atoms with Crippen molar-refractivity contribution in [3.63, 3.8) is 0 Å². The Balaban J connectivity index is 0.854. The van der Waals surface area contributed by atoms with Crippen LogP contribution in [0.1, 0.15) is 70.4 Å². The highest BCUT2D eigenvalue weighted by Gasteiger charge is 2.55. The van der Waals surface area contributed by atoms with E-state index >= 15 is 0 Å². The first-order valence-electron chi connectivity index (χ1n) is 18.6. The average molecular weight is 682 g/mol. The van der Waals surface area contributed by atoms with Crippen LogP contribution in [0.2, 0.25) is 0 Å². The number of carbonyl (C=O) groups is 1. The maximum absolute atomic E-state index is 14.6. The van der Waals surface area contributed by atoms with Crippen molar-refractivity contribution >= 4 is 11.7 Å². The molecule has 50 heavy (non-hydrogen) atoms. The number of ether oxygens (including phenoxy) is 1. The van der Waals surface area contributed by atoms with Gasteiger partial charge >= 0.3 is 0 Å². The smallest absolute Gasteiger partial charge is 0.282 e. The van der Waals surface area contributed by atoms with Gasteiger partial charge in [0, 0.05) is 87.1 Å². The first kappa shape index (κ1) is 32.2. The van der Waals surface area contributed by atoms with Crippen molar-refractivity contribution in [2.45, 2.75) is 76.8 Å². The molecule has 2 spiro atoms. The maximum atomic E-state index is 14.6. The van der Waals surface area contributed by atoms with Crippen LogP contribution in [0, 0.1) is 28.5 Å². The zero-order chi connectivity index (χ0) is 34.2. The van der Waals surface area contributed by atoms with Gasteiger partial charge in [-0.2, -0.15) is 0 Å². The summed E-state index contributed by atoms with van der Waals surface area (Å²) in [4.78, 5) is 36.0. The molecule has 9 rings (SSSR count). The monoisotopic (exact) mass is 681 g/mol. The van der Waals surface area contributed by atoms with Gasteiger partial charge in [-0.3, -0.25) is 14.6 Å². The molecule has 0 bridgehead atoms. The van der Waals surface area contributed by atoms with E-state index in [0.717, 1.165) is 89.2 Å². The van der Waals surface area contributed by atoms with Crippen molar-refractivity contribution in [3.8, 4) is 22.8 Å². The summed E-state index contributed by atoms with van der Waals surface area (Å²) in [7, 11) is 1.96. The number of anilines is 1. The summed E-state index contributed by atoms with van der Waals surface area (Å²) in [5.41, 5.74) is 2.43. The van der Waals surface area contributed by atoms with Gasteiger partial charge in [-0.15, -0.1) is 10.2 Å². The Labute approximate surface area is 293 Å². The Bertz CT molecular complexity index is 1770. The summed E-state index contributed by atoms with van der Waals surface area (Å²) in [5.74, 6) is 3.18. The molecule has 2 saturated carbocycles. The molecule has 6 aliphatic rings. The molecule has 2 atom stereocenters. The van der Waals surface area contributed by atoms with Crippen LogP contribution < -0.4 is 9.64 Å². The average Bonchev–Trinajstić information content (AvgIpc) is 3.59. The fraction of sp³-hybridized carbons (Fsp3) is 0.632. The van der Waals surface area contributed by atoms with Crippen LogP contribution >= 0.6 is 0 Å². The maximum Gasteiger partial charge on any atom is 0.282 e. The molecule has 11 nitrogen and oxygen atoms in total. The molecule has 2 aliphatic carbocycles. The van der Waals surface area contributed by atoms with Crippen LogP contribution in [-0.2, 0) is 4.79 Å². The van der Waals surface area contributed by atoms with E-state index in [1.165, 1.54) is 31.3 Å². The summed E-state index contributed by atoms with van der Waals surface area (Å²) >= 11 is 0. The van der Waals surface area contributed by atoms with Gasteiger partial charge in [0.05, 0.1) is 11.1 Å². The van der Waals surface area contributed by atoms with E-state index in [2.05, 4.69) is 53.7 Å². The molecular formula is C38H48FN9O2. The first-order valence-corrected chi connectivity index (χ1v) is 18.6. The van der Waals surface area contributed by atoms with E-state index in [4.69, 9.17) is 4.74 Å². The Kier molecular flexibility index (Phi) is 7.83. The molecule has 6 heterocycles. The van der Waals surface area contributed by atoms with Crippen molar-refractivity contribution in [2.24, 2.45) is 22.7 Å². The zero-order valence-electron chi connectivity index (χ0n) is 29.5. The number of rotatable bonds is 9. The van der Waals surface area contributed by atoms with Crippen molar-refractivity contribution in [2.75, 3.05) is 57.8 Å². The minimum Gasteiger partial charge on any atom is -0.434 e. The third kappa shape index (κ3) is 5.53. The topological polar surface area (TPSA) is 104 Å². The SMILES string of the molecule is CC(C)[C@H](C1CC(N2CC[C@@]3(CCN(C)C3=O)C2)C1)N1CC2(CCN(c3ncnnc3Oc3ccc(F)cc3-c3cncnc3C3CC3)C2)C1. The van der Waals surface area contributed by atoms with Crippen LogP contribution in [0.5, 0.6) is 11.6 Å². The summed E-state index contributed by atoms with van der Waals surface area (Å²) in [6.45, 7) is 11.7. The highest BCUT2D eigenvalue weighted by molar-refractivity contribution is 5.85. The second-order valence-electron chi connectivity index (χ2n) is 16.6. The third-order valence-electron chi connectivity index (χ3n) is 12.9. The molecule has 4 saturated heterocycles. The summed E-state index contributed by atoms with van der Waals surface area (Å²) in [5, 5.41) is 8.45. The third-order valence-corrected chi connectivity index (χ3v) is 12.9. The van der Waals surface area contributed by atoms with E-state index < -0.39 is 0 Å². The van der Waals surface area contributed by atoms with E-state index in [1.54, 1.807) is 18.6 Å². The molecule has 1 amide bonds. The van der Waals surface area contributed by atoms with Gasteiger partial charge in [0.1, 0.15) is 24.2 Å². The highest BCUT2D eigenvalue weighted by atomic mass is 19.1. The van der Waals surface area contributed by atoms with Gasteiger partial charge in [-0.05, 0) is 81.5 Å². The minimum absolute atomic E-state index is 0.114. The fourth-order valence-electron chi connectivity index (χ4n) is 10.1. The van der Waals surface area contributed by atoms with Crippen LogP contribution in [-0.4, -0.2) is 111 Å². The number of halogens is 1. The van der Waals surface area contributed by atoms with Gasteiger partial charge in [0.2, 0.25) is 5.91 Å². The predicted octanol–water partition coefficient (Wildman–Crippen LogP) is 5.01. The molecule has 2 aromatic heterocycles. The van der Waals surface area contributed by atoms with Crippen molar-refractivity contribution < 1.29 is 13.9 Å². The van der Waals surface area contributed by atoms with Crippen LogP contribution in [0.25, 0.3) is 11.1 Å². The first-order chi connectivity index (χ1) is 24.2. The number of likely N-dealkylation sites (tertiary alicyclic amines) is 3. The van der Waals surface area contributed by atoms with Crippen molar-refractivity contribution in [1.82, 2.24) is 39.8 Å². The molecule has 1 aromatic carbocycles. The number of carbonyl (C=O) groups excluding carboxylic acids is 1. The minimum atomic E-state index is -0.346. The highest BCUT2D eigenvalue weighted by Crippen LogP contribution is 2.50. The molecule has 264 valence electrons. The summed E-state index contributed by atoms with van der Waals surface area (Å²) in [6.07, 6.45) is 12.6. The number of nitrogens with zero attached hydrogens (tertiary/aromatic N) is 9. The molecule has 0 radical (unpaired) electrons. The Morgan fingerprint density at radius 2 is 1.78 bits per heavy atom. The molecule has 3 aromatic rings. The number of aromatic nitrogens is 5. The van der Waals surface area contributed by atoms with E-state index in [0.29, 0.717) is 58.8 Å². The number of hydrogen-bond donors (Lipinski definition) is 0. The fourth-order valence-corrected chi connectivity index (χ4v) is 10.1. The lowest BCUT2D eigenvalue weighted by Crippen LogP contribution is -2.65. The van der Waals surface area contributed by atoms with Crippen LogP contribution in [0.15, 0.2) is 37.1 Å². The number of benzene rings is 1. The molecular weight excluding hydrogens is 633 g/mol. The lowest BCUT2D eigenvalue weighted by molar-refractivity contribution is -0.134. The van der Waals surface area contributed by atoms with E-state index in [9.17, 15) is 9.18 Å². The zero-order valence-corrected chi connectivity index (χ0v) is 29.5. The van der Waals surface area contributed by atoms with E-state index in [1.807, 2.05) is 11.9 Å². The van der Waals surface area contributed by atoms with Crippen LogP contribution in [0.4, 0.5) is 10.2 Å². The second-order valence-corrected chi connectivity index (χ2v) is 16.6. The van der Waals surface area contributed by atoms with Gasteiger partial charge in [-0.1, -0.05) is 13.8 Å².